The Morgan fingerprint density at radius 2 is 1.92 bits per heavy atom. The lowest BCUT2D eigenvalue weighted by atomic mass is 9.84. The number of hydrogen-bond donors (Lipinski definition) is 1. The van der Waals surface area contributed by atoms with Crippen molar-refractivity contribution in [2.24, 2.45) is 0 Å². The predicted molar refractivity (Wildman–Crippen MR) is 51.4 cm³/mol. The molecule has 1 rings (SSSR count). The van der Waals surface area contributed by atoms with Crippen LogP contribution in [0.3, 0.4) is 0 Å². The van der Waals surface area contributed by atoms with Gasteiger partial charge in [0.25, 0.3) is 0 Å². The normalized spacial score (nSPS) is 22.5. The van der Waals surface area contributed by atoms with E-state index in [1.165, 1.54) is 32.1 Å². The van der Waals surface area contributed by atoms with Crippen LogP contribution in [0.4, 0.5) is 0 Å². The van der Waals surface area contributed by atoms with Gasteiger partial charge in [-0.1, -0.05) is 26.2 Å². The second-order valence-electron chi connectivity index (χ2n) is 3.73. The van der Waals surface area contributed by atoms with Crippen molar-refractivity contribution in [2.45, 2.75) is 44.6 Å². The number of methoxy groups -OCH3 is 1. The first-order valence-electron chi connectivity index (χ1n) is 5.09. The van der Waals surface area contributed by atoms with E-state index in [0.717, 1.165) is 13.1 Å². The zero-order valence-electron chi connectivity index (χ0n) is 8.36. The fraction of sp³-hybridized carbons (Fsp3) is 1.00. The summed E-state index contributed by atoms with van der Waals surface area (Å²) >= 11 is 0. The molecule has 0 atom stereocenters. The van der Waals surface area contributed by atoms with E-state index in [-0.39, 0.29) is 5.60 Å². The van der Waals surface area contributed by atoms with Gasteiger partial charge in [0.2, 0.25) is 0 Å². The van der Waals surface area contributed by atoms with Crippen molar-refractivity contribution in [3.63, 3.8) is 0 Å². The first kappa shape index (κ1) is 10.0. The van der Waals surface area contributed by atoms with E-state index in [1.807, 2.05) is 7.11 Å². The standard InChI is InChI=1S/C10H21NO/c1-3-11-9-10(12-2)7-5-4-6-8-10/h11H,3-9H2,1-2H3. The fourth-order valence-electron chi connectivity index (χ4n) is 2.00. The Morgan fingerprint density at radius 3 is 2.42 bits per heavy atom. The number of likely N-dealkylation sites (N-methyl/N-ethyl adjacent to an activating group) is 1. The van der Waals surface area contributed by atoms with Crippen LogP contribution >= 0.6 is 0 Å². The molecule has 0 aromatic heterocycles. The minimum atomic E-state index is 0.161. The van der Waals surface area contributed by atoms with Gasteiger partial charge in [-0.15, -0.1) is 0 Å². The maximum atomic E-state index is 5.62. The van der Waals surface area contributed by atoms with E-state index in [9.17, 15) is 0 Å². The molecule has 0 aromatic rings. The van der Waals surface area contributed by atoms with Crippen molar-refractivity contribution >= 4 is 0 Å². The summed E-state index contributed by atoms with van der Waals surface area (Å²) in [4.78, 5) is 0. The van der Waals surface area contributed by atoms with Crippen molar-refractivity contribution in [1.82, 2.24) is 5.32 Å². The largest absolute Gasteiger partial charge is 0.377 e. The van der Waals surface area contributed by atoms with Gasteiger partial charge in [-0.2, -0.15) is 0 Å². The maximum Gasteiger partial charge on any atom is 0.0802 e. The minimum Gasteiger partial charge on any atom is -0.377 e. The Labute approximate surface area is 75.7 Å². The molecular formula is C10H21NO. The zero-order chi connectivity index (χ0) is 8.86. The summed E-state index contributed by atoms with van der Waals surface area (Å²) in [6.07, 6.45) is 6.52. The lowest BCUT2D eigenvalue weighted by molar-refractivity contribution is -0.0372. The average molecular weight is 171 g/mol. The average Bonchev–Trinajstić information content (AvgIpc) is 2.16. The number of hydrogen-bond acceptors (Lipinski definition) is 2. The van der Waals surface area contributed by atoms with Crippen LogP contribution in [0.25, 0.3) is 0 Å². The SMILES string of the molecule is CCNCC1(OC)CCCCC1. The molecule has 0 aromatic carbocycles. The molecule has 0 spiro atoms. The first-order valence-corrected chi connectivity index (χ1v) is 5.09. The summed E-state index contributed by atoms with van der Waals surface area (Å²) in [6.45, 7) is 4.22. The van der Waals surface area contributed by atoms with E-state index in [1.54, 1.807) is 0 Å². The second kappa shape index (κ2) is 4.83. The Kier molecular flexibility index (Phi) is 4.02. The number of nitrogens with one attached hydrogen (secondary N) is 1. The molecule has 1 aliphatic rings. The van der Waals surface area contributed by atoms with Crippen LogP contribution < -0.4 is 5.32 Å². The highest BCUT2D eigenvalue weighted by atomic mass is 16.5. The Balaban J connectivity index is 2.37. The Morgan fingerprint density at radius 1 is 1.25 bits per heavy atom. The molecule has 1 saturated carbocycles. The van der Waals surface area contributed by atoms with Crippen molar-refractivity contribution in [3.8, 4) is 0 Å². The quantitative estimate of drug-likeness (QED) is 0.698. The van der Waals surface area contributed by atoms with Crippen LogP contribution in [0, 0.1) is 0 Å². The Hall–Kier alpha value is -0.0800. The maximum absolute atomic E-state index is 5.62. The molecule has 0 radical (unpaired) electrons. The Bertz CT molecular complexity index is 119. The van der Waals surface area contributed by atoms with E-state index < -0.39 is 0 Å². The number of rotatable bonds is 4. The molecule has 0 unspecified atom stereocenters. The summed E-state index contributed by atoms with van der Waals surface area (Å²) in [5, 5.41) is 3.38. The van der Waals surface area contributed by atoms with Crippen LogP contribution in [-0.2, 0) is 4.74 Å². The molecule has 0 amide bonds. The molecule has 0 bridgehead atoms. The van der Waals surface area contributed by atoms with Crippen molar-refractivity contribution in [2.75, 3.05) is 20.2 Å². The van der Waals surface area contributed by atoms with Crippen LogP contribution in [0.5, 0.6) is 0 Å². The van der Waals surface area contributed by atoms with Crippen LogP contribution in [0.2, 0.25) is 0 Å². The van der Waals surface area contributed by atoms with E-state index in [2.05, 4.69) is 12.2 Å². The third-order valence-electron chi connectivity index (χ3n) is 2.89. The van der Waals surface area contributed by atoms with Crippen LogP contribution in [-0.4, -0.2) is 25.8 Å². The van der Waals surface area contributed by atoms with Crippen molar-refractivity contribution in [1.29, 1.82) is 0 Å². The highest BCUT2D eigenvalue weighted by molar-refractivity contribution is 4.85. The molecule has 1 N–H and O–H groups in total. The second-order valence-corrected chi connectivity index (χ2v) is 3.73. The van der Waals surface area contributed by atoms with Gasteiger partial charge >= 0.3 is 0 Å². The zero-order valence-corrected chi connectivity index (χ0v) is 8.36. The summed E-state index contributed by atoms with van der Waals surface area (Å²) in [5.41, 5.74) is 0.161. The molecule has 12 heavy (non-hydrogen) atoms. The monoisotopic (exact) mass is 171 g/mol. The molecular weight excluding hydrogens is 150 g/mol. The van der Waals surface area contributed by atoms with Gasteiger partial charge in [-0.3, -0.25) is 0 Å². The van der Waals surface area contributed by atoms with Gasteiger partial charge < -0.3 is 10.1 Å². The van der Waals surface area contributed by atoms with Gasteiger partial charge in [-0.05, 0) is 19.4 Å². The molecule has 0 heterocycles. The third kappa shape index (κ3) is 2.46. The fourth-order valence-corrected chi connectivity index (χ4v) is 2.00. The lowest BCUT2D eigenvalue weighted by Crippen LogP contribution is -2.43. The van der Waals surface area contributed by atoms with Gasteiger partial charge in [0, 0.05) is 13.7 Å². The topological polar surface area (TPSA) is 21.3 Å². The molecule has 1 fully saturated rings. The van der Waals surface area contributed by atoms with Crippen molar-refractivity contribution < 1.29 is 4.74 Å². The summed E-state index contributed by atoms with van der Waals surface area (Å²) in [5.74, 6) is 0. The summed E-state index contributed by atoms with van der Waals surface area (Å²) < 4.78 is 5.62. The van der Waals surface area contributed by atoms with Gasteiger partial charge in [0.05, 0.1) is 5.60 Å². The highest BCUT2D eigenvalue weighted by Gasteiger charge is 2.30. The predicted octanol–water partition coefficient (Wildman–Crippen LogP) is 1.95. The van der Waals surface area contributed by atoms with Gasteiger partial charge in [-0.25, -0.2) is 0 Å². The molecule has 72 valence electrons. The van der Waals surface area contributed by atoms with Crippen LogP contribution in [0.15, 0.2) is 0 Å². The third-order valence-corrected chi connectivity index (χ3v) is 2.89. The lowest BCUT2D eigenvalue weighted by Gasteiger charge is -2.36. The molecule has 1 aliphatic carbocycles. The van der Waals surface area contributed by atoms with Gasteiger partial charge in [0.1, 0.15) is 0 Å². The van der Waals surface area contributed by atoms with E-state index in [4.69, 9.17) is 4.74 Å². The van der Waals surface area contributed by atoms with E-state index in [0.29, 0.717) is 0 Å². The summed E-state index contributed by atoms with van der Waals surface area (Å²) in [7, 11) is 1.85. The number of ether oxygens (including phenoxy) is 1. The molecule has 0 aliphatic heterocycles. The van der Waals surface area contributed by atoms with Crippen molar-refractivity contribution in [3.05, 3.63) is 0 Å². The van der Waals surface area contributed by atoms with Crippen LogP contribution in [0.1, 0.15) is 39.0 Å². The molecule has 2 nitrogen and oxygen atoms in total. The highest BCUT2D eigenvalue weighted by Crippen LogP contribution is 2.30. The molecule has 2 heteroatoms. The van der Waals surface area contributed by atoms with E-state index >= 15 is 0 Å². The smallest absolute Gasteiger partial charge is 0.0802 e. The minimum absolute atomic E-state index is 0.161. The van der Waals surface area contributed by atoms with Gasteiger partial charge in [0.15, 0.2) is 0 Å². The molecule has 0 saturated heterocycles. The summed E-state index contributed by atoms with van der Waals surface area (Å²) in [6, 6.07) is 0. The first-order chi connectivity index (χ1) is 5.83.